The average Bonchev–Trinajstić information content (AvgIpc) is 2.42. The number of benzene rings is 1. The van der Waals surface area contributed by atoms with E-state index in [1.165, 1.54) is 0 Å². The van der Waals surface area contributed by atoms with E-state index in [1.807, 2.05) is 42.5 Å². The summed E-state index contributed by atoms with van der Waals surface area (Å²) >= 11 is 0. The molecule has 0 radical (unpaired) electrons. The van der Waals surface area contributed by atoms with Crippen molar-refractivity contribution in [2.75, 3.05) is 6.61 Å². The van der Waals surface area contributed by atoms with Crippen LogP contribution in [0.2, 0.25) is 0 Å². The summed E-state index contributed by atoms with van der Waals surface area (Å²) in [6.45, 7) is 2.91. The number of ether oxygens (including phenoxy) is 2. The van der Waals surface area contributed by atoms with Crippen LogP contribution in [-0.4, -0.2) is 11.6 Å². The van der Waals surface area contributed by atoms with Crippen molar-refractivity contribution in [3.05, 3.63) is 48.7 Å². The normalized spacial score (nSPS) is 10.1. The molecule has 3 heteroatoms. The number of nitrogens with zero attached hydrogens (tertiary/aromatic N) is 1. The highest BCUT2D eigenvalue weighted by molar-refractivity contribution is 5.33. The van der Waals surface area contributed by atoms with Crippen molar-refractivity contribution in [2.45, 2.75) is 19.8 Å². The van der Waals surface area contributed by atoms with Crippen molar-refractivity contribution in [1.82, 2.24) is 4.98 Å². The molecule has 0 aliphatic heterocycles. The number of rotatable bonds is 6. The Labute approximate surface area is 107 Å². The third kappa shape index (κ3) is 3.77. The van der Waals surface area contributed by atoms with Crippen molar-refractivity contribution in [3.8, 4) is 17.4 Å². The molecule has 94 valence electrons. The summed E-state index contributed by atoms with van der Waals surface area (Å²) in [6, 6.07) is 13.2. The summed E-state index contributed by atoms with van der Waals surface area (Å²) in [6.07, 6.45) is 3.92. The standard InChI is InChI=1S/C15H17NO2/c1-2-3-12-17-13-7-9-14(10-8-13)18-15-6-4-5-11-16-15/h4-11H,2-3,12H2,1H3. The maximum atomic E-state index is 5.59. The molecule has 0 fully saturated rings. The van der Waals surface area contributed by atoms with E-state index in [1.54, 1.807) is 6.20 Å². The van der Waals surface area contributed by atoms with Crippen LogP contribution in [0.15, 0.2) is 48.7 Å². The van der Waals surface area contributed by atoms with Gasteiger partial charge in [-0.15, -0.1) is 0 Å². The molecule has 18 heavy (non-hydrogen) atoms. The first-order valence-corrected chi connectivity index (χ1v) is 6.20. The molecule has 0 spiro atoms. The van der Waals surface area contributed by atoms with Gasteiger partial charge < -0.3 is 9.47 Å². The molecular formula is C15H17NO2. The molecule has 0 unspecified atom stereocenters. The molecule has 0 amide bonds. The van der Waals surface area contributed by atoms with Crippen LogP contribution < -0.4 is 9.47 Å². The second-order valence-electron chi connectivity index (χ2n) is 3.94. The molecule has 0 aliphatic carbocycles. The molecule has 2 rings (SSSR count). The van der Waals surface area contributed by atoms with Gasteiger partial charge in [-0.2, -0.15) is 0 Å². The molecule has 0 saturated heterocycles. The van der Waals surface area contributed by atoms with Crippen molar-refractivity contribution in [3.63, 3.8) is 0 Å². The Hall–Kier alpha value is -2.03. The minimum absolute atomic E-state index is 0.595. The lowest BCUT2D eigenvalue weighted by molar-refractivity contribution is 0.309. The Morgan fingerprint density at radius 2 is 1.78 bits per heavy atom. The summed E-state index contributed by atoms with van der Waals surface area (Å²) < 4.78 is 11.2. The summed E-state index contributed by atoms with van der Waals surface area (Å²) in [5.74, 6) is 2.23. The fourth-order valence-corrected chi connectivity index (χ4v) is 1.47. The molecule has 0 bridgehead atoms. The molecule has 0 atom stereocenters. The zero-order valence-electron chi connectivity index (χ0n) is 10.5. The zero-order valence-corrected chi connectivity index (χ0v) is 10.5. The van der Waals surface area contributed by atoms with Gasteiger partial charge >= 0.3 is 0 Å². The van der Waals surface area contributed by atoms with Crippen LogP contribution in [0.25, 0.3) is 0 Å². The third-order valence-corrected chi connectivity index (χ3v) is 2.45. The van der Waals surface area contributed by atoms with Crippen molar-refractivity contribution >= 4 is 0 Å². The Kier molecular flexibility index (Phi) is 4.59. The molecule has 2 aromatic rings. The second-order valence-corrected chi connectivity index (χ2v) is 3.94. The summed E-state index contributed by atoms with van der Waals surface area (Å²) in [4.78, 5) is 4.10. The van der Waals surface area contributed by atoms with E-state index in [4.69, 9.17) is 9.47 Å². The Balaban J connectivity index is 1.91. The maximum absolute atomic E-state index is 5.59. The predicted molar refractivity (Wildman–Crippen MR) is 71.2 cm³/mol. The van der Waals surface area contributed by atoms with Crippen LogP contribution in [0.3, 0.4) is 0 Å². The SMILES string of the molecule is CCCCOc1ccc(Oc2ccccn2)cc1. The van der Waals surface area contributed by atoms with Crippen LogP contribution in [0.4, 0.5) is 0 Å². The van der Waals surface area contributed by atoms with E-state index < -0.39 is 0 Å². The smallest absolute Gasteiger partial charge is 0.219 e. The lowest BCUT2D eigenvalue weighted by Gasteiger charge is -2.07. The second kappa shape index (κ2) is 6.64. The highest BCUT2D eigenvalue weighted by Crippen LogP contribution is 2.22. The summed E-state index contributed by atoms with van der Waals surface area (Å²) in [5.41, 5.74) is 0. The van der Waals surface area contributed by atoms with Crippen molar-refractivity contribution in [1.29, 1.82) is 0 Å². The Bertz CT molecular complexity index is 454. The number of unbranched alkanes of at least 4 members (excludes halogenated alkanes) is 1. The van der Waals surface area contributed by atoms with Crippen LogP contribution in [0.1, 0.15) is 19.8 Å². The fourth-order valence-electron chi connectivity index (χ4n) is 1.47. The molecular weight excluding hydrogens is 226 g/mol. The van der Waals surface area contributed by atoms with Gasteiger partial charge in [0.05, 0.1) is 6.61 Å². The minimum Gasteiger partial charge on any atom is -0.494 e. The monoisotopic (exact) mass is 243 g/mol. The van der Waals surface area contributed by atoms with E-state index in [0.717, 1.165) is 30.9 Å². The van der Waals surface area contributed by atoms with Crippen molar-refractivity contribution in [2.24, 2.45) is 0 Å². The van der Waals surface area contributed by atoms with Gasteiger partial charge in [0.2, 0.25) is 5.88 Å². The Morgan fingerprint density at radius 1 is 1.00 bits per heavy atom. The van der Waals surface area contributed by atoms with Crippen LogP contribution >= 0.6 is 0 Å². The van der Waals surface area contributed by atoms with Gasteiger partial charge in [-0.1, -0.05) is 19.4 Å². The van der Waals surface area contributed by atoms with E-state index in [9.17, 15) is 0 Å². The lowest BCUT2D eigenvalue weighted by Crippen LogP contribution is -1.96. The largest absolute Gasteiger partial charge is 0.494 e. The van der Waals surface area contributed by atoms with Gasteiger partial charge in [0.15, 0.2) is 0 Å². The first-order valence-electron chi connectivity index (χ1n) is 6.20. The molecule has 1 aromatic carbocycles. The quantitative estimate of drug-likeness (QED) is 0.717. The average molecular weight is 243 g/mol. The van der Waals surface area contributed by atoms with Crippen LogP contribution in [0.5, 0.6) is 17.4 Å². The lowest BCUT2D eigenvalue weighted by atomic mass is 10.3. The van der Waals surface area contributed by atoms with E-state index in [0.29, 0.717) is 5.88 Å². The number of aromatic nitrogens is 1. The number of hydrogen-bond donors (Lipinski definition) is 0. The maximum Gasteiger partial charge on any atom is 0.219 e. The van der Waals surface area contributed by atoms with Gasteiger partial charge in [-0.05, 0) is 36.8 Å². The number of hydrogen-bond acceptors (Lipinski definition) is 3. The first kappa shape index (κ1) is 12.4. The third-order valence-electron chi connectivity index (χ3n) is 2.45. The Morgan fingerprint density at radius 3 is 2.44 bits per heavy atom. The number of pyridine rings is 1. The highest BCUT2D eigenvalue weighted by Gasteiger charge is 1.98. The van der Waals surface area contributed by atoms with Gasteiger partial charge in [-0.3, -0.25) is 0 Å². The molecule has 1 aromatic heterocycles. The van der Waals surface area contributed by atoms with Gasteiger partial charge in [-0.25, -0.2) is 4.98 Å². The van der Waals surface area contributed by atoms with E-state index in [-0.39, 0.29) is 0 Å². The molecule has 0 aliphatic rings. The van der Waals surface area contributed by atoms with Crippen LogP contribution in [-0.2, 0) is 0 Å². The summed E-state index contributed by atoms with van der Waals surface area (Å²) in [5, 5.41) is 0. The molecule has 3 nitrogen and oxygen atoms in total. The van der Waals surface area contributed by atoms with Gasteiger partial charge in [0.1, 0.15) is 11.5 Å². The first-order chi connectivity index (χ1) is 8.88. The molecule has 1 heterocycles. The van der Waals surface area contributed by atoms with Crippen LogP contribution in [0, 0.1) is 0 Å². The highest BCUT2D eigenvalue weighted by atomic mass is 16.5. The van der Waals surface area contributed by atoms with E-state index >= 15 is 0 Å². The molecule has 0 N–H and O–H groups in total. The van der Waals surface area contributed by atoms with Gasteiger partial charge in [0, 0.05) is 12.3 Å². The topological polar surface area (TPSA) is 31.4 Å². The minimum atomic E-state index is 0.595. The van der Waals surface area contributed by atoms with E-state index in [2.05, 4.69) is 11.9 Å². The van der Waals surface area contributed by atoms with Gasteiger partial charge in [0.25, 0.3) is 0 Å². The summed E-state index contributed by atoms with van der Waals surface area (Å²) in [7, 11) is 0. The fraction of sp³-hybridized carbons (Fsp3) is 0.267. The predicted octanol–water partition coefficient (Wildman–Crippen LogP) is 4.05. The molecule has 0 saturated carbocycles. The zero-order chi connectivity index (χ0) is 12.6. The van der Waals surface area contributed by atoms with Crippen molar-refractivity contribution < 1.29 is 9.47 Å².